The third-order valence-corrected chi connectivity index (χ3v) is 4.69. The van der Waals surface area contributed by atoms with Crippen molar-refractivity contribution in [2.24, 2.45) is 0 Å². The molecular weight excluding hydrogens is 238 g/mol. The summed E-state index contributed by atoms with van der Waals surface area (Å²) in [6.07, 6.45) is 6.10. The van der Waals surface area contributed by atoms with Crippen molar-refractivity contribution in [3.05, 3.63) is 11.6 Å². The Hall–Kier alpha value is -0.940. The zero-order valence-electron chi connectivity index (χ0n) is 12.1. The van der Waals surface area contributed by atoms with Gasteiger partial charge in [-0.2, -0.15) is 0 Å². The molecule has 2 aliphatic heterocycles. The van der Waals surface area contributed by atoms with Gasteiger partial charge in [0, 0.05) is 25.0 Å². The highest BCUT2D eigenvalue weighted by atomic mass is 15.3. The first-order chi connectivity index (χ1) is 9.24. The maximum Gasteiger partial charge on any atom is 0.147 e. The van der Waals surface area contributed by atoms with E-state index in [2.05, 4.69) is 39.0 Å². The fraction of sp³-hybridized carbons (Fsp3) is 0.857. The van der Waals surface area contributed by atoms with Crippen LogP contribution in [0.1, 0.15) is 44.3 Å². The summed E-state index contributed by atoms with van der Waals surface area (Å²) in [4.78, 5) is 2.44. The predicted molar refractivity (Wildman–Crippen MR) is 74.9 cm³/mol. The molecule has 0 radical (unpaired) electrons. The Kier molecular flexibility index (Phi) is 3.84. The second-order valence-electron chi connectivity index (χ2n) is 6.07. The van der Waals surface area contributed by atoms with Gasteiger partial charge in [0.25, 0.3) is 0 Å². The molecule has 3 heterocycles. The smallest absolute Gasteiger partial charge is 0.147 e. The molecule has 0 spiro atoms. The van der Waals surface area contributed by atoms with E-state index in [-0.39, 0.29) is 0 Å². The second-order valence-corrected chi connectivity index (χ2v) is 6.07. The van der Waals surface area contributed by atoms with Crippen LogP contribution in [0.3, 0.4) is 0 Å². The number of fused-ring (bicyclic) bond motifs is 1. The van der Waals surface area contributed by atoms with Crippen LogP contribution in [-0.2, 0) is 19.5 Å². The van der Waals surface area contributed by atoms with Gasteiger partial charge in [0.1, 0.15) is 11.6 Å². The average Bonchev–Trinajstić information content (AvgIpc) is 2.83. The van der Waals surface area contributed by atoms with Crippen LogP contribution in [-0.4, -0.2) is 45.3 Å². The van der Waals surface area contributed by atoms with Gasteiger partial charge in [-0.25, -0.2) is 0 Å². The van der Waals surface area contributed by atoms with Gasteiger partial charge in [0.15, 0.2) is 0 Å². The quantitative estimate of drug-likeness (QED) is 0.890. The molecule has 106 valence electrons. The number of rotatable bonds is 3. The second kappa shape index (κ2) is 5.59. The minimum absolute atomic E-state index is 0.628. The van der Waals surface area contributed by atoms with Crippen LogP contribution >= 0.6 is 0 Å². The largest absolute Gasteiger partial charge is 0.314 e. The number of hydrogen-bond donors (Lipinski definition) is 1. The Morgan fingerprint density at radius 1 is 1.26 bits per heavy atom. The highest BCUT2D eigenvalue weighted by molar-refractivity contribution is 4.99. The normalized spacial score (nSPS) is 28.3. The maximum absolute atomic E-state index is 4.36. The monoisotopic (exact) mass is 263 g/mol. The molecule has 1 aromatic heterocycles. The van der Waals surface area contributed by atoms with Gasteiger partial charge >= 0.3 is 0 Å². The first kappa shape index (κ1) is 13.1. The highest BCUT2D eigenvalue weighted by Crippen LogP contribution is 2.17. The number of likely N-dealkylation sites (tertiary alicyclic amines) is 1. The van der Waals surface area contributed by atoms with Crippen molar-refractivity contribution < 1.29 is 0 Å². The topological polar surface area (TPSA) is 46.0 Å². The lowest BCUT2D eigenvalue weighted by Gasteiger charge is -2.35. The molecule has 19 heavy (non-hydrogen) atoms. The van der Waals surface area contributed by atoms with Gasteiger partial charge in [-0.05, 0) is 46.2 Å². The van der Waals surface area contributed by atoms with Gasteiger partial charge in [-0.15, -0.1) is 10.2 Å². The molecule has 2 atom stereocenters. The summed E-state index contributed by atoms with van der Waals surface area (Å²) in [6, 6.07) is 1.31. The molecule has 1 N–H and O–H groups in total. The van der Waals surface area contributed by atoms with Crippen LogP contribution in [0.15, 0.2) is 0 Å². The van der Waals surface area contributed by atoms with Crippen LogP contribution in [0, 0.1) is 0 Å². The van der Waals surface area contributed by atoms with Crippen molar-refractivity contribution in [3.63, 3.8) is 0 Å². The molecule has 2 aliphatic rings. The first-order valence-corrected chi connectivity index (χ1v) is 7.58. The average molecular weight is 263 g/mol. The number of aryl methyl sites for hydroxylation is 1. The van der Waals surface area contributed by atoms with Crippen molar-refractivity contribution in [2.45, 2.75) is 64.2 Å². The summed E-state index contributed by atoms with van der Waals surface area (Å²) in [5, 5.41) is 12.3. The molecule has 0 saturated carbocycles. The van der Waals surface area contributed by atoms with Gasteiger partial charge in [0.2, 0.25) is 0 Å². The third-order valence-electron chi connectivity index (χ3n) is 4.69. The van der Waals surface area contributed by atoms with Crippen LogP contribution in [0.25, 0.3) is 0 Å². The lowest BCUT2D eigenvalue weighted by molar-refractivity contribution is 0.167. The summed E-state index contributed by atoms with van der Waals surface area (Å²) in [6.45, 7) is 5.47. The van der Waals surface area contributed by atoms with E-state index in [1.54, 1.807) is 0 Å². The SMILES string of the molecule is CC1CC(NCc2nnc3n2CCCC3)CCN1C. The highest BCUT2D eigenvalue weighted by Gasteiger charge is 2.23. The lowest BCUT2D eigenvalue weighted by Crippen LogP contribution is -2.45. The van der Waals surface area contributed by atoms with E-state index in [4.69, 9.17) is 0 Å². The van der Waals surface area contributed by atoms with E-state index < -0.39 is 0 Å². The van der Waals surface area contributed by atoms with Crippen molar-refractivity contribution in [1.82, 2.24) is 25.0 Å². The number of hydrogen-bond acceptors (Lipinski definition) is 4. The zero-order valence-corrected chi connectivity index (χ0v) is 12.1. The van der Waals surface area contributed by atoms with Crippen molar-refractivity contribution in [3.8, 4) is 0 Å². The lowest BCUT2D eigenvalue weighted by atomic mass is 9.99. The van der Waals surface area contributed by atoms with E-state index in [1.165, 1.54) is 38.1 Å². The number of piperidine rings is 1. The van der Waals surface area contributed by atoms with Crippen LogP contribution in [0.2, 0.25) is 0 Å². The van der Waals surface area contributed by atoms with Crippen LogP contribution in [0.4, 0.5) is 0 Å². The predicted octanol–water partition coefficient (Wildman–Crippen LogP) is 1.19. The standard InChI is InChI=1S/C14H25N5/c1-11-9-12(6-8-18(11)2)15-10-14-17-16-13-5-3-4-7-19(13)14/h11-12,15H,3-10H2,1-2H3. The van der Waals surface area contributed by atoms with Crippen molar-refractivity contribution in [1.29, 1.82) is 0 Å². The van der Waals surface area contributed by atoms with Gasteiger partial charge < -0.3 is 14.8 Å². The van der Waals surface area contributed by atoms with Crippen LogP contribution in [0.5, 0.6) is 0 Å². The van der Waals surface area contributed by atoms with Gasteiger partial charge in [0.05, 0.1) is 6.54 Å². The molecule has 5 nitrogen and oxygen atoms in total. The summed E-state index contributed by atoms with van der Waals surface area (Å²) >= 11 is 0. The Labute approximate surface area is 115 Å². The van der Waals surface area contributed by atoms with E-state index >= 15 is 0 Å². The summed E-state index contributed by atoms with van der Waals surface area (Å²) in [5.74, 6) is 2.31. The molecule has 5 heteroatoms. The van der Waals surface area contributed by atoms with Gasteiger partial charge in [-0.1, -0.05) is 0 Å². The summed E-state index contributed by atoms with van der Waals surface area (Å²) in [5.41, 5.74) is 0. The van der Waals surface area contributed by atoms with E-state index in [0.29, 0.717) is 12.1 Å². The Morgan fingerprint density at radius 2 is 2.16 bits per heavy atom. The molecule has 0 amide bonds. The number of nitrogens with one attached hydrogen (secondary N) is 1. The van der Waals surface area contributed by atoms with E-state index in [1.807, 2.05) is 0 Å². The summed E-state index contributed by atoms with van der Waals surface area (Å²) in [7, 11) is 2.22. The number of aromatic nitrogens is 3. The molecule has 2 unspecified atom stereocenters. The van der Waals surface area contributed by atoms with Gasteiger partial charge in [-0.3, -0.25) is 0 Å². The molecule has 0 bridgehead atoms. The Morgan fingerprint density at radius 3 is 3.00 bits per heavy atom. The minimum atomic E-state index is 0.628. The van der Waals surface area contributed by atoms with Crippen LogP contribution < -0.4 is 5.32 Å². The molecule has 1 saturated heterocycles. The Balaban J connectivity index is 1.56. The molecule has 1 aromatic rings. The zero-order chi connectivity index (χ0) is 13.2. The van der Waals surface area contributed by atoms with Crippen molar-refractivity contribution >= 4 is 0 Å². The number of nitrogens with zero attached hydrogens (tertiary/aromatic N) is 4. The molecule has 3 rings (SSSR count). The molecule has 1 fully saturated rings. The summed E-state index contributed by atoms with van der Waals surface area (Å²) < 4.78 is 2.31. The van der Waals surface area contributed by atoms with E-state index in [0.717, 1.165) is 25.3 Å². The Bertz CT molecular complexity index is 427. The third kappa shape index (κ3) is 2.82. The first-order valence-electron chi connectivity index (χ1n) is 7.58. The fourth-order valence-electron chi connectivity index (χ4n) is 3.21. The molecule has 0 aromatic carbocycles. The van der Waals surface area contributed by atoms with E-state index in [9.17, 15) is 0 Å². The fourth-order valence-corrected chi connectivity index (χ4v) is 3.21. The molecular formula is C14H25N5. The molecule has 0 aliphatic carbocycles. The minimum Gasteiger partial charge on any atom is -0.314 e. The maximum atomic E-state index is 4.36. The van der Waals surface area contributed by atoms with Crippen molar-refractivity contribution in [2.75, 3.05) is 13.6 Å².